The van der Waals surface area contributed by atoms with Gasteiger partial charge >= 0.3 is 62.6 Å². The molecule has 0 fully saturated rings. The summed E-state index contributed by atoms with van der Waals surface area (Å²) in [4.78, 5) is 0. The van der Waals surface area contributed by atoms with Crippen molar-refractivity contribution in [2.45, 2.75) is 37.4 Å². The first-order valence-electron chi connectivity index (χ1n) is 3.77. The average molecular weight is 276 g/mol. The molecule has 15 heavy (non-hydrogen) atoms. The number of hydrogen-bond acceptors (Lipinski definition) is 3. The Morgan fingerprint density at radius 2 is 1.60 bits per heavy atom. The Balaban J connectivity index is 0. The molecule has 0 N–H and O–H groups in total. The van der Waals surface area contributed by atoms with E-state index >= 15 is 0 Å². The zero-order chi connectivity index (χ0) is 11.6. The van der Waals surface area contributed by atoms with E-state index in [0.29, 0.717) is 0 Å². The third-order valence-corrected chi connectivity index (χ3v) is 2.51. The van der Waals surface area contributed by atoms with E-state index in [0.717, 1.165) is 0 Å². The number of hydrogen-bond donors (Lipinski definition) is 0. The second-order valence-electron chi connectivity index (χ2n) is 2.78. The molecule has 0 heterocycles. The maximum absolute atomic E-state index is 12.6. The van der Waals surface area contributed by atoms with Crippen LogP contribution in [0.15, 0.2) is 0 Å². The molecule has 0 unspecified atom stereocenters. The summed E-state index contributed by atoms with van der Waals surface area (Å²) in [5.41, 5.74) is 0. The largest absolute Gasteiger partial charge is 1.00 e. The van der Waals surface area contributed by atoms with Crippen molar-refractivity contribution in [3.63, 3.8) is 0 Å². The molecule has 0 saturated heterocycles. The minimum absolute atomic E-state index is 0. The van der Waals surface area contributed by atoms with E-state index < -0.39 is 27.7 Å². The van der Waals surface area contributed by atoms with Gasteiger partial charge < -0.3 is 4.55 Å². The molecule has 3 nitrogen and oxygen atoms in total. The average Bonchev–Trinajstić information content (AvgIpc) is 1.98. The molecule has 0 bridgehead atoms. The van der Waals surface area contributed by atoms with Gasteiger partial charge in [0, 0.05) is 6.42 Å². The Labute approximate surface area is 128 Å². The van der Waals surface area contributed by atoms with Crippen molar-refractivity contribution >= 4 is 10.1 Å². The van der Waals surface area contributed by atoms with Crippen LogP contribution in [0.25, 0.3) is 0 Å². The molecule has 86 valence electrons. The van der Waals surface area contributed by atoms with Crippen LogP contribution in [-0.4, -0.2) is 24.1 Å². The molecule has 0 aliphatic rings. The first kappa shape index (κ1) is 18.6. The van der Waals surface area contributed by atoms with Crippen molar-refractivity contribution < 1.29 is 81.9 Å². The summed E-state index contributed by atoms with van der Waals surface area (Å²) in [6, 6.07) is 0. The monoisotopic (exact) mass is 276 g/mol. The van der Waals surface area contributed by atoms with Crippen LogP contribution in [0, 0.1) is 0 Å². The molecule has 9 heteroatoms. The van der Waals surface area contributed by atoms with Crippen molar-refractivity contribution in [2.75, 3.05) is 0 Å². The van der Waals surface area contributed by atoms with Crippen molar-refractivity contribution in [3.05, 3.63) is 0 Å². The van der Waals surface area contributed by atoms with Crippen LogP contribution < -0.4 is 51.4 Å². The van der Waals surface area contributed by atoms with Gasteiger partial charge in [-0.1, -0.05) is 13.3 Å². The standard InChI is InChI=1S/C6H10F4O3S.K/c1-2-3-4-5(7,8)6(9,10)14(11,12)13;/h2-4H2,1H3,(H,11,12,13);/q;+1/p-1. The molecule has 0 radical (unpaired) electrons. The van der Waals surface area contributed by atoms with Crippen LogP contribution in [0.2, 0.25) is 0 Å². The van der Waals surface area contributed by atoms with E-state index in [1.807, 2.05) is 0 Å². The topological polar surface area (TPSA) is 57.2 Å². The second-order valence-corrected chi connectivity index (χ2v) is 4.20. The Kier molecular flexibility index (Phi) is 7.78. The Hall–Kier alpha value is 1.27. The zero-order valence-corrected chi connectivity index (χ0v) is 12.2. The molecule has 0 aromatic heterocycles. The second kappa shape index (κ2) is 6.27. The smallest absolute Gasteiger partial charge is 0.743 e. The number of halogens is 4. The van der Waals surface area contributed by atoms with Gasteiger partial charge in [0.05, 0.1) is 0 Å². The maximum Gasteiger partial charge on any atom is 1.00 e. The molecule has 0 saturated carbocycles. The van der Waals surface area contributed by atoms with Crippen LogP contribution >= 0.6 is 0 Å². The molecule has 0 aromatic carbocycles. The molecule has 0 aliphatic carbocycles. The normalized spacial score (nSPS) is 13.5. The summed E-state index contributed by atoms with van der Waals surface area (Å²) in [5, 5.41) is -5.53. The first-order valence-corrected chi connectivity index (χ1v) is 5.18. The molecule has 0 rings (SSSR count). The predicted molar refractivity (Wildman–Crippen MR) is 39.1 cm³/mol. The summed E-state index contributed by atoms with van der Waals surface area (Å²) in [5.74, 6) is -4.80. The van der Waals surface area contributed by atoms with Gasteiger partial charge in [0.15, 0.2) is 10.1 Å². The fraction of sp³-hybridized carbons (Fsp3) is 1.00. The van der Waals surface area contributed by atoms with E-state index in [-0.39, 0.29) is 64.2 Å². The molecular formula is C6H9F4KO3S. The molecule has 0 aliphatic heterocycles. The minimum Gasteiger partial charge on any atom is -0.743 e. The summed E-state index contributed by atoms with van der Waals surface area (Å²) in [6.07, 6.45) is -1.40. The van der Waals surface area contributed by atoms with Crippen molar-refractivity contribution in [1.82, 2.24) is 0 Å². The van der Waals surface area contributed by atoms with Crippen LogP contribution in [0.5, 0.6) is 0 Å². The number of unbranched alkanes of at least 4 members (excludes halogenated alkanes) is 1. The van der Waals surface area contributed by atoms with Gasteiger partial charge in [-0.05, 0) is 6.42 Å². The van der Waals surface area contributed by atoms with Gasteiger partial charge in [0.1, 0.15) is 0 Å². The van der Waals surface area contributed by atoms with Gasteiger partial charge in [-0.2, -0.15) is 17.6 Å². The van der Waals surface area contributed by atoms with E-state index in [1.165, 1.54) is 6.92 Å². The van der Waals surface area contributed by atoms with Crippen LogP contribution in [0.1, 0.15) is 26.2 Å². The summed E-state index contributed by atoms with van der Waals surface area (Å²) in [6.45, 7) is 1.47. The van der Waals surface area contributed by atoms with E-state index in [4.69, 9.17) is 0 Å². The first-order chi connectivity index (χ1) is 6.06. The molecule has 0 atom stereocenters. The fourth-order valence-corrected chi connectivity index (χ4v) is 1.20. The minimum atomic E-state index is -6.32. The Bertz CT molecular complexity index is 291. The Morgan fingerprint density at radius 3 is 1.87 bits per heavy atom. The predicted octanol–water partition coefficient (Wildman–Crippen LogP) is -1.05. The number of alkyl halides is 4. The van der Waals surface area contributed by atoms with Gasteiger partial charge in [-0.3, -0.25) is 0 Å². The molecule has 0 aromatic rings. The van der Waals surface area contributed by atoms with Crippen LogP contribution in [0.4, 0.5) is 17.6 Å². The third-order valence-electron chi connectivity index (χ3n) is 1.58. The SMILES string of the molecule is CCCCC(F)(F)C(F)(F)S(=O)(=O)[O-].[K+]. The third kappa shape index (κ3) is 4.56. The quantitative estimate of drug-likeness (QED) is 0.366. The van der Waals surface area contributed by atoms with E-state index in [2.05, 4.69) is 0 Å². The van der Waals surface area contributed by atoms with E-state index in [1.54, 1.807) is 0 Å². The van der Waals surface area contributed by atoms with Crippen LogP contribution in [0.3, 0.4) is 0 Å². The van der Waals surface area contributed by atoms with Gasteiger partial charge in [-0.25, -0.2) is 8.42 Å². The van der Waals surface area contributed by atoms with Crippen molar-refractivity contribution in [3.8, 4) is 0 Å². The van der Waals surface area contributed by atoms with Crippen molar-refractivity contribution in [1.29, 1.82) is 0 Å². The zero-order valence-electron chi connectivity index (χ0n) is 8.27. The van der Waals surface area contributed by atoms with Gasteiger partial charge in [0.25, 0.3) is 0 Å². The molecule has 0 amide bonds. The van der Waals surface area contributed by atoms with Gasteiger partial charge in [0.2, 0.25) is 0 Å². The van der Waals surface area contributed by atoms with Gasteiger partial charge in [-0.15, -0.1) is 0 Å². The summed E-state index contributed by atoms with van der Waals surface area (Å²) >= 11 is 0. The summed E-state index contributed by atoms with van der Waals surface area (Å²) < 4.78 is 79.5. The van der Waals surface area contributed by atoms with E-state index in [9.17, 15) is 30.5 Å². The summed E-state index contributed by atoms with van der Waals surface area (Å²) in [7, 11) is -6.32. The number of rotatable bonds is 5. The Morgan fingerprint density at radius 1 is 1.20 bits per heavy atom. The maximum atomic E-state index is 12.6. The fourth-order valence-electron chi connectivity index (χ4n) is 0.727. The molecule has 0 spiro atoms. The van der Waals surface area contributed by atoms with Crippen LogP contribution in [-0.2, 0) is 10.1 Å². The van der Waals surface area contributed by atoms with Crippen molar-refractivity contribution in [2.24, 2.45) is 0 Å². The molecular weight excluding hydrogens is 267 g/mol.